The average molecular weight is 546 g/mol. The Labute approximate surface area is 230 Å². The smallest absolute Gasteiger partial charge is 0.313 e. The topological polar surface area (TPSA) is 125 Å². The van der Waals surface area contributed by atoms with Crippen molar-refractivity contribution in [2.24, 2.45) is 17.8 Å². The zero-order valence-electron chi connectivity index (χ0n) is 23.9. The number of rotatable bonds is 4. The summed E-state index contributed by atoms with van der Waals surface area (Å²) in [6.45, 7) is 11.6. The molecule has 4 rings (SSSR count). The Hall–Kier alpha value is -2.72. The second-order valence-electron chi connectivity index (χ2n) is 12.6. The summed E-state index contributed by atoms with van der Waals surface area (Å²) >= 11 is 0. The van der Waals surface area contributed by atoms with E-state index < -0.39 is 53.2 Å². The number of amides is 3. The maximum Gasteiger partial charge on any atom is 0.313 e. The number of cyclic esters (lactones) is 1. The summed E-state index contributed by atoms with van der Waals surface area (Å²) < 4.78 is 12.1. The Morgan fingerprint density at radius 2 is 1.87 bits per heavy atom. The highest BCUT2D eigenvalue weighted by molar-refractivity contribution is 5.99. The van der Waals surface area contributed by atoms with Crippen LogP contribution in [0.5, 0.6) is 0 Å². The van der Waals surface area contributed by atoms with Crippen LogP contribution < -0.4 is 5.32 Å². The minimum Gasteiger partial charge on any atom is -0.460 e. The monoisotopic (exact) mass is 545 g/mol. The first-order chi connectivity index (χ1) is 18.3. The minimum atomic E-state index is -1.34. The van der Waals surface area contributed by atoms with Gasteiger partial charge in [0.25, 0.3) is 0 Å². The van der Waals surface area contributed by atoms with Gasteiger partial charge in [-0.25, -0.2) is 0 Å². The van der Waals surface area contributed by atoms with Crippen LogP contribution in [0.2, 0.25) is 0 Å². The number of hydrogen-bond acceptors (Lipinski definition) is 7. The van der Waals surface area contributed by atoms with Crippen LogP contribution in [0.15, 0.2) is 24.3 Å². The summed E-state index contributed by atoms with van der Waals surface area (Å²) in [5.74, 6) is -3.18. The lowest BCUT2D eigenvalue weighted by molar-refractivity contribution is -0.160. The van der Waals surface area contributed by atoms with Crippen molar-refractivity contribution < 1.29 is 33.8 Å². The molecule has 7 atom stereocenters. The van der Waals surface area contributed by atoms with Gasteiger partial charge in [-0.3, -0.25) is 19.2 Å². The van der Waals surface area contributed by atoms with E-state index in [9.17, 15) is 24.3 Å². The molecule has 216 valence electrons. The zero-order chi connectivity index (χ0) is 28.7. The molecular weight excluding hydrogens is 502 g/mol. The van der Waals surface area contributed by atoms with Gasteiger partial charge in [-0.1, -0.05) is 38.2 Å². The lowest BCUT2D eigenvalue weighted by Crippen LogP contribution is -2.61. The molecule has 39 heavy (non-hydrogen) atoms. The lowest BCUT2D eigenvalue weighted by Gasteiger charge is -2.43. The molecule has 0 aromatic rings. The predicted molar refractivity (Wildman–Crippen MR) is 143 cm³/mol. The molecule has 2 saturated heterocycles. The molecule has 2 N–H and O–H groups in total. The molecule has 0 aliphatic carbocycles. The number of carbonyl (C=O) groups excluding carboxylic acids is 4. The van der Waals surface area contributed by atoms with E-state index >= 15 is 0 Å². The SMILES string of the molecule is CC(C)C[C@H](CO)N1C(=O)[C@@H]2[C@H]3C(=O)O[C@@H](C)CNC(=O)CC/C=C\CN(C(C)(C)C)C(=O)[C@@H]1[C@]21C=C[C@H]3O1. The van der Waals surface area contributed by atoms with Crippen molar-refractivity contribution >= 4 is 23.7 Å². The predicted octanol–water partition coefficient (Wildman–Crippen LogP) is 1.57. The van der Waals surface area contributed by atoms with Gasteiger partial charge in [0.2, 0.25) is 17.7 Å². The van der Waals surface area contributed by atoms with Crippen molar-refractivity contribution in [2.75, 3.05) is 19.7 Å². The highest BCUT2D eigenvalue weighted by Gasteiger charge is 2.74. The molecule has 4 aliphatic rings. The van der Waals surface area contributed by atoms with Crippen LogP contribution in [-0.4, -0.2) is 93.7 Å². The van der Waals surface area contributed by atoms with Gasteiger partial charge in [0.1, 0.15) is 23.7 Å². The number of hydrogen-bond donors (Lipinski definition) is 2. The van der Waals surface area contributed by atoms with Gasteiger partial charge >= 0.3 is 5.97 Å². The second kappa shape index (κ2) is 11.0. The van der Waals surface area contributed by atoms with E-state index in [-0.39, 0.29) is 49.8 Å². The Bertz CT molecular complexity index is 1050. The molecule has 0 aromatic carbocycles. The van der Waals surface area contributed by atoms with Gasteiger partial charge in [-0.2, -0.15) is 0 Å². The molecule has 1 spiro atoms. The zero-order valence-corrected chi connectivity index (χ0v) is 23.9. The average Bonchev–Trinajstić information content (AvgIpc) is 3.49. The third kappa shape index (κ3) is 5.37. The summed E-state index contributed by atoms with van der Waals surface area (Å²) in [5.41, 5.74) is -1.95. The number of aliphatic hydroxyl groups excluding tert-OH is 1. The third-order valence-corrected chi connectivity index (χ3v) is 8.14. The van der Waals surface area contributed by atoms with Crippen LogP contribution >= 0.6 is 0 Å². The van der Waals surface area contributed by atoms with E-state index in [2.05, 4.69) is 5.32 Å². The van der Waals surface area contributed by atoms with Crippen molar-refractivity contribution in [3.05, 3.63) is 24.3 Å². The van der Waals surface area contributed by atoms with Crippen LogP contribution in [0.25, 0.3) is 0 Å². The van der Waals surface area contributed by atoms with Crippen LogP contribution in [0.1, 0.15) is 60.8 Å². The van der Waals surface area contributed by atoms with Crippen molar-refractivity contribution in [3.63, 3.8) is 0 Å². The quantitative estimate of drug-likeness (QED) is 0.406. The number of ether oxygens (including phenoxy) is 2. The largest absolute Gasteiger partial charge is 0.460 e. The van der Waals surface area contributed by atoms with E-state index in [0.29, 0.717) is 12.8 Å². The Balaban J connectivity index is 1.83. The molecule has 0 aromatic heterocycles. The fraction of sp³-hybridized carbons (Fsp3) is 0.724. The van der Waals surface area contributed by atoms with E-state index in [1.54, 1.807) is 24.0 Å². The second-order valence-corrected chi connectivity index (χ2v) is 12.6. The number of nitrogens with zero attached hydrogens (tertiary/aromatic N) is 2. The molecule has 4 heterocycles. The van der Waals surface area contributed by atoms with Crippen molar-refractivity contribution in [3.8, 4) is 0 Å². The summed E-state index contributed by atoms with van der Waals surface area (Å²) in [5, 5.41) is 13.2. The number of aliphatic hydroxyl groups is 1. The number of fused-ring (bicyclic) bond motifs is 2. The highest BCUT2D eigenvalue weighted by Crippen LogP contribution is 2.56. The van der Waals surface area contributed by atoms with Gasteiger partial charge in [-0.15, -0.1) is 0 Å². The molecule has 3 amide bonds. The van der Waals surface area contributed by atoms with E-state index in [0.717, 1.165) is 0 Å². The van der Waals surface area contributed by atoms with E-state index in [1.165, 1.54) is 4.90 Å². The molecule has 5 bridgehead atoms. The van der Waals surface area contributed by atoms with Gasteiger partial charge in [0, 0.05) is 18.5 Å². The van der Waals surface area contributed by atoms with Gasteiger partial charge < -0.3 is 29.7 Å². The minimum absolute atomic E-state index is 0.151. The highest BCUT2D eigenvalue weighted by atomic mass is 16.6. The maximum absolute atomic E-state index is 14.5. The summed E-state index contributed by atoms with van der Waals surface area (Å²) in [7, 11) is 0. The normalized spacial score (nSPS) is 35.3. The molecule has 10 heteroatoms. The van der Waals surface area contributed by atoms with Crippen LogP contribution in [0.4, 0.5) is 0 Å². The first kappa shape index (κ1) is 29.3. The van der Waals surface area contributed by atoms with Gasteiger partial charge in [-0.05, 0) is 46.5 Å². The Morgan fingerprint density at radius 1 is 1.15 bits per heavy atom. The summed E-state index contributed by atoms with van der Waals surface area (Å²) in [6.07, 6.45) is 7.18. The number of carbonyl (C=O) groups is 4. The third-order valence-electron chi connectivity index (χ3n) is 8.14. The molecule has 0 saturated carbocycles. The van der Waals surface area contributed by atoms with Crippen molar-refractivity contribution in [2.45, 2.75) is 96.2 Å². The van der Waals surface area contributed by atoms with Crippen molar-refractivity contribution in [1.82, 2.24) is 15.1 Å². The standard InChI is InChI=1S/C29H43N3O7/c1-17(2)14-19(16-33)32-24-26(36)31(28(4,5)6)13-9-7-8-10-21(34)30-15-18(3)38-27(37)22-20-11-12-29(24,39-20)23(22)25(32)35/h7,9,11-12,17-20,22-24,33H,8,10,13-16H2,1-6H3,(H,30,34)/b9-7-/t18-,19+,20+,22-,23-,24+,29-/m0/s1. The molecule has 0 radical (unpaired) electrons. The number of esters is 1. The molecule has 10 nitrogen and oxygen atoms in total. The van der Waals surface area contributed by atoms with E-state index in [4.69, 9.17) is 9.47 Å². The van der Waals surface area contributed by atoms with Gasteiger partial charge in [0.15, 0.2) is 0 Å². The first-order valence-corrected chi connectivity index (χ1v) is 14.1. The summed E-state index contributed by atoms with van der Waals surface area (Å²) in [6, 6.07) is -1.66. The fourth-order valence-corrected chi connectivity index (χ4v) is 6.39. The molecule has 2 fully saturated rings. The molecule has 0 unspecified atom stereocenters. The lowest BCUT2D eigenvalue weighted by atomic mass is 9.74. The fourth-order valence-electron chi connectivity index (χ4n) is 6.39. The van der Waals surface area contributed by atoms with Gasteiger partial charge in [0.05, 0.1) is 31.2 Å². The van der Waals surface area contributed by atoms with Crippen LogP contribution in [0.3, 0.4) is 0 Å². The maximum atomic E-state index is 14.5. The van der Waals surface area contributed by atoms with Crippen molar-refractivity contribution in [1.29, 1.82) is 0 Å². The first-order valence-electron chi connectivity index (χ1n) is 14.1. The number of likely N-dealkylation sites (tertiary alicyclic amines) is 1. The van der Waals surface area contributed by atoms with Crippen LogP contribution in [0, 0.1) is 17.8 Å². The number of nitrogens with one attached hydrogen (secondary N) is 1. The van der Waals surface area contributed by atoms with Crippen LogP contribution in [-0.2, 0) is 28.7 Å². The van der Waals surface area contributed by atoms with E-state index in [1.807, 2.05) is 46.8 Å². The Morgan fingerprint density at radius 3 is 2.51 bits per heavy atom. The Kier molecular flexibility index (Phi) is 8.28. The molecular formula is C29H43N3O7. The molecule has 4 aliphatic heterocycles. The summed E-state index contributed by atoms with van der Waals surface area (Å²) in [4.78, 5) is 57.7. The number of allylic oxidation sites excluding steroid dienone is 1.